The van der Waals surface area contributed by atoms with Crippen LogP contribution in [-0.4, -0.2) is 53.9 Å². The Labute approximate surface area is 115 Å². The van der Waals surface area contributed by atoms with E-state index >= 15 is 0 Å². The van der Waals surface area contributed by atoms with Crippen molar-refractivity contribution in [3.8, 4) is 0 Å². The predicted octanol–water partition coefficient (Wildman–Crippen LogP) is -1.83. The second-order valence-corrected chi connectivity index (χ2v) is 5.59. The minimum Gasteiger partial charge on any atom is -0.476 e. The van der Waals surface area contributed by atoms with Crippen LogP contribution in [0, 0.1) is 0 Å². The third-order valence-electron chi connectivity index (χ3n) is 2.18. The monoisotopic (exact) mass is 305 g/mol. The highest BCUT2D eigenvalue weighted by Gasteiger charge is 2.07. The normalized spacial score (nSPS) is 11.1. The third-order valence-corrected chi connectivity index (χ3v) is 2.95. The number of nitrogens with one attached hydrogen (secondary N) is 2. The van der Waals surface area contributed by atoms with Crippen molar-refractivity contribution in [2.45, 2.75) is 6.54 Å². The fourth-order valence-electron chi connectivity index (χ4n) is 1.26. The largest absolute Gasteiger partial charge is 0.476 e. The summed E-state index contributed by atoms with van der Waals surface area (Å²) in [5, 5.41) is 18.2. The Balaban J connectivity index is 2.23. The van der Waals surface area contributed by atoms with Crippen molar-refractivity contribution < 1.29 is 23.1 Å². The molecule has 5 N–H and O–H groups in total. The molecule has 0 atom stereocenters. The zero-order chi connectivity index (χ0) is 15.2. The van der Waals surface area contributed by atoms with E-state index in [0.717, 1.165) is 0 Å². The summed E-state index contributed by atoms with van der Waals surface area (Å²) in [5.74, 6) is -1.47. The van der Waals surface area contributed by atoms with Crippen LogP contribution in [0.2, 0.25) is 0 Å². The SMILES string of the molecule is NS(=O)(=O)CCNC(=O)NCCn1cnc(C(=O)O)c1. The smallest absolute Gasteiger partial charge is 0.356 e. The van der Waals surface area contributed by atoms with Gasteiger partial charge in [-0.1, -0.05) is 0 Å². The molecule has 2 amide bonds. The summed E-state index contributed by atoms with van der Waals surface area (Å²) in [4.78, 5) is 25.5. The molecule has 112 valence electrons. The fourth-order valence-corrected chi connectivity index (χ4v) is 1.65. The van der Waals surface area contributed by atoms with Crippen molar-refractivity contribution in [1.29, 1.82) is 0 Å². The first-order valence-corrected chi connectivity index (χ1v) is 7.27. The number of carboxylic acids is 1. The summed E-state index contributed by atoms with van der Waals surface area (Å²) in [5.41, 5.74) is -0.0809. The predicted molar refractivity (Wildman–Crippen MR) is 68.6 cm³/mol. The van der Waals surface area contributed by atoms with Crippen LogP contribution in [0.25, 0.3) is 0 Å². The van der Waals surface area contributed by atoms with Crippen LogP contribution in [0.4, 0.5) is 4.79 Å². The number of hydrogen-bond acceptors (Lipinski definition) is 5. The molecule has 0 saturated carbocycles. The van der Waals surface area contributed by atoms with Gasteiger partial charge >= 0.3 is 12.0 Å². The van der Waals surface area contributed by atoms with E-state index in [1.54, 1.807) is 0 Å². The highest BCUT2D eigenvalue weighted by molar-refractivity contribution is 7.89. The number of primary sulfonamides is 1. The minimum atomic E-state index is -3.60. The number of carbonyl (C=O) groups excluding carboxylic acids is 1. The first kappa shape index (κ1) is 15.9. The number of nitrogens with zero attached hydrogens (tertiary/aromatic N) is 2. The molecule has 1 aromatic heterocycles. The van der Waals surface area contributed by atoms with E-state index in [1.807, 2.05) is 0 Å². The molecule has 0 bridgehead atoms. The van der Waals surface area contributed by atoms with Gasteiger partial charge in [-0.2, -0.15) is 0 Å². The van der Waals surface area contributed by atoms with Gasteiger partial charge in [-0.05, 0) is 0 Å². The maximum atomic E-state index is 11.3. The minimum absolute atomic E-state index is 0.0809. The molecule has 20 heavy (non-hydrogen) atoms. The summed E-state index contributed by atoms with van der Waals surface area (Å²) < 4.78 is 22.7. The number of sulfonamides is 1. The van der Waals surface area contributed by atoms with Crippen LogP contribution in [0.3, 0.4) is 0 Å². The average Bonchev–Trinajstić information content (AvgIpc) is 2.76. The zero-order valence-corrected chi connectivity index (χ0v) is 11.3. The number of imidazole rings is 1. The van der Waals surface area contributed by atoms with Gasteiger partial charge in [0.25, 0.3) is 0 Å². The van der Waals surface area contributed by atoms with Gasteiger partial charge in [-0.15, -0.1) is 0 Å². The molecule has 0 spiro atoms. The van der Waals surface area contributed by atoms with Crippen molar-refractivity contribution in [2.75, 3.05) is 18.8 Å². The molecule has 1 rings (SSSR count). The van der Waals surface area contributed by atoms with E-state index in [4.69, 9.17) is 10.2 Å². The quantitative estimate of drug-likeness (QED) is 0.464. The molecular formula is C9H15N5O5S. The van der Waals surface area contributed by atoms with Crippen LogP contribution in [0.1, 0.15) is 10.5 Å². The Hall–Kier alpha value is -2.14. The van der Waals surface area contributed by atoms with Gasteiger partial charge in [0.15, 0.2) is 5.69 Å². The number of urea groups is 1. The number of aromatic nitrogens is 2. The zero-order valence-electron chi connectivity index (χ0n) is 10.4. The molecule has 0 fully saturated rings. The number of nitrogens with two attached hydrogens (primary N) is 1. The number of carboxylic acid groups (broad SMARTS) is 1. The second kappa shape index (κ2) is 6.86. The highest BCUT2D eigenvalue weighted by Crippen LogP contribution is 1.95. The third kappa shape index (κ3) is 6.15. The van der Waals surface area contributed by atoms with Crippen LogP contribution in [0.15, 0.2) is 12.5 Å². The molecule has 0 radical (unpaired) electrons. The Bertz CT molecular complexity index is 581. The van der Waals surface area contributed by atoms with E-state index in [2.05, 4.69) is 15.6 Å². The summed E-state index contributed by atoms with van der Waals surface area (Å²) in [7, 11) is -3.60. The van der Waals surface area contributed by atoms with Crippen molar-refractivity contribution in [1.82, 2.24) is 20.2 Å². The molecule has 0 aliphatic carbocycles. The van der Waals surface area contributed by atoms with Crippen molar-refractivity contribution in [3.05, 3.63) is 18.2 Å². The first-order valence-electron chi connectivity index (χ1n) is 5.55. The molecule has 1 aromatic rings. The lowest BCUT2D eigenvalue weighted by Crippen LogP contribution is -2.40. The van der Waals surface area contributed by atoms with Crippen LogP contribution >= 0.6 is 0 Å². The lowest BCUT2D eigenvalue weighted by atomic mass is 10.5. The molecule has 11 heteroatoms. The highest BCUT2D eigenvalue weighted by atomic mass is 32.2. The van der Waals surface area contributed by atoms with Crippen molar-refractivity contribution >= 4 is 22.0 Å². The van der Waals surface area contributed by atoms with Crippen LogP contribution < -0.4 is 15.8 Å². The number of amides is 2. The second-order valence-electron chi connectivity index (χ2n) is 3.85. The van der Waals surface area contributed by atoms with Gasteiger partial charge in [0.05, 0.1) is 12.1 Å². The van der Waals surface area contributed by atoms with Gasteiger partial charge in [0, 0.05) is 25.8 Å². The van der Waals surface area contributed by atoms with E-state index in [9.17, 15) is 18.0 Å². The average molecular weight is 305 g/mol. The molecule has 0 unspecified atom stereocenters. The molecular weight excluding hydrogens is 290 g/mol. The molecule has 0 aromatic carbocycles. The molecule has 0 aliphatic rings. The van der Waals surface area contributed by atoms with E-state index in [1.165, 1.54) is 17.1 Å². The number of aromatic carboxylic acids is 1. The Morgan fingerprint density at radius 3 is 2.55 bits per heavy atom. The standard InChI is InChI=1S/C9H15N5O5S/c10-20(18,19)4-2-12-9(17)11-1-3-14-5-7(8(15)16)13-6-14/h5-6H,1-4H2,(H,15,16)(H2,10,18,19)(H2,11,12,17). The Morgan fingerprint density at radius 2 is 2.00 bits per heavy atom. The molecule has 0 aliphatic heterocycles. The van der Waals surface area contributed by atoms with Gasteiger partial charge < -0.3 is 20.3 Å². The maximum Gasteiger partial charge on any atom is 0.356 e. The van der Waals surface area contributed by atoms with Gasteiger partial charge in [-0.25, -0.2) is 28.1 Å². The van der Waals surface area contributed by atoms with Gasteiger partial charge in [0.1, 0.15) is 0 Å². The Morgan fingerprint density at radius 1 is 1.35 bits per heavy atom. The first-order chi connectivity index (χ1) is 9.28. The van der Waals surface area contributed by atoms with E-state index in [-0.39, 0.29) is 24.5 Å². The summed E-state index contributed by atoms with van der Waals surface area (Å²) in [6.45, 7) is 0.485. The lowest BCUT2D eigenvalue weighted by Gasteiger charge is -2.07. The molecule has 10 nitrogen and oxygen atoms in total. The van der Waals surface area contributed by atoms with E-state index in [0.29, 0.717) is 6.54 Å². The van der Waals surface area contributed by atoms with Crippen LogP contribution in [-0.2, 0) is 16.6 Å². The number of rotatable bonds is 7. The van der Waals surface area contributed by atoms with Gasteiger partial charge in [-0.3, -0.25) is 0 Å². The summed E-state index contributed by atoms with van der Waals surface area (Å²) in [6.07, 6.45) is 2.67. The fraction of sp³-hybridized carbons (Fsp3) is 0.444. The topological polar surface area (TPSA) is 156 Å². The number of hydrogen-bond donors (Lipinski definition) is 4. The maximum absolute atomic E-state index is 11.3. The van der Waals surface area contributed by atoms with Crippen LogP contribution in [0.5, 0.6) is 0 Å². The number of carbonyl (C=O) groups is 2. The van der Waals surface area contributed by atoms with Gasteiger partial charge in [0.2, 0.25) is 10.0 Å². The van der Waals surface area contributed by atoms with E-state index < -0.39 is 22.0 Å². The van der Waals surface area contributed by atoms with Crippen molar-refractivity contribution in [2.24, 2.45) is 5.14 Å². The Kier molecular flexibility index (Phi) is 5.46. The molecule has 1 heterocycles. The van der Waals surface area contributed by atoms with Crippen molar-refractivity contribution in [3.63, 3.8) is 0 Å². The molecule has 0 saturated heterocycles. The summed E-state index contributed by atoms with van der Waals surface area (Å²) in [6, 6.07) is -0.535. The lowest BCUT2D eigenvalue weighted by molar-refractivity contribution is 0.0691. The summed E-state index contributed by atoms with van der Waals surface area (Å²) >= 11 is 0.